The molecular weight excluding hydrogens is 178 g/mol. The van der Waals surface area contributed by atoms with Crippen LogP contribution in [-0.4, -0.2) is 29.2 Å². The number of nitrogens with one attached hydrogen (secondary N) is 1. The monoisotopic (exact) mass is 193 g/mol. The summed E-state index contributed by atoms with van der Waals surface area (Å²) >= 11 is 0. The van der Waals surface area contributed by atoms with Gasteiger partial charge in [0.25, 0.3) is 0 Å². The average molecular weight is 193 g/mol. The fourth-order valence-electron chi connectivity index (χ4n) is 1.56. The van der Waals surface area contributed by atoms with Gasteiger partial charge < -0.3 is 10.1 Å². The molecule has 4 heteroatoms. The minimum absolute atomic E-state index is 0.326. The smallest absolute Gasteiger partial charge is 0.153 e. The normalized spacial score (nSPS) is 22.1. The van der Waals surface area contributed by atoms with E-state index in [4.69, 9.17) is 4.74 Å². The lowest BCUT2D eigenvalue weighted by molar-refractivity contribution is 0.0218. The van der Waals surface area contributed by atoms with Gasteiger partial charge in [0.05, 0.1) is 6.10 Å². The highest BCUT2D eigenvalue weighted by molar-refractivity contribution is 4.86. The molecule has 0 amide bonds. The van der Waals surface area contributed by atoms with E-state index in [1.165, 1.54) is 6.42 Å². The Labute approximate surface area is 83.7 Å². The van der Waals surface area contributed by atoms with Crippen LogP contribution in [0.5, 0.6) is 0 Å². The summed E-state index contributed by atoms with van der Waals surface area (Å²) in [5.74, 6) is 0.762. The molecule has 14 heavy (non-hydrogen) atoms. The maximum Gasteiger partial charge on any atom is 0.153 e. The first kappa shape index (κ1) is 9.55. The summed E-state index contributed by atoms with van der Waals surface area (Å²) in [6, 6.07) is 1.81. The van der Waals surface area contributed by atoms with Crippen LogP contribution < -0.4 is 5.32 Å². The molecule has 1 aliphatic rings. The second kappa shape index (κ2) is 5.02. The number of rotatable bonds is 3. The number of hydrogen-bond acceptors (Lipinski definition) is 4. The number of nitrogens with zero attached hydrogens (tertiary/aromatic N) is 2. The van der Waals surface area contributed by atoms with Crippen LogP contribution in [0.15, 0.2) is 18.5 Å². The fourth-order valence-corrected chi connectivity index (χ4v) is 1.56. The lowest BCUT2D eigenvalue weighted by Gasteiger charge is -2.22. The van der Waals surface area contributed by atoms with Crippen molar-refractivity contribution in [3.63, 3.8) is 0 Å². The number of aromatic nitrogens is 2. The van der Waals surface area contributed by atoms with Crippen LogP contribution in [0.1, 0.15) is 18.7 Å². The van der Waals surface area contributed by atoms with Crippen molar-refractivity contribution in [2.75, 3.05) is 13.1 Å². The van der Waals surface area contributed by atoms with E-state index in [-0.39, 0.29) is 0 Å². The third-order valence-electron chi connectivity index (χ3n) is 2.32. The topological polar surface area (TPSA) is 47.0 Å². The van der Waals surface area contributed by atoms with Crippen molar-refractivity contribution in [3.8, 4) is 0 Å². The summed E-state index contributed by atoms with van der Waals surface area (Å²) in [6.07, 6.45) is 6.14. The minimum atomic E-state index is 0.326. The van der Waals surface area contributed by atoms with Crippen molar-refractivity contribution in [2.24, 2.45) is 0 Å². The van der Waals surface area contributed by atoms with E-state index in [1.54, 1.807) is 12.4 Å². The molecule has 1 aromatic heterocycles. The van der Waals surface area contributed by atoms with Crippen molar-refractivity contribution >= 4 is 0 Å². The average Bonchev–Trinajstić information content (AvgIpc) is 2.29. The highest BCUT2D eigenvalue weighted by Crippen LogP contribution is 2.07. The van der Waals surface area contributed by atoms with Crippen molar-refractivity contribution in [1.29, 1.82) is 0 Å². The quantitative estimate of drug-likeness (QED) is 0.769. The van der Waals surface area contributed by atoms with Crippen molar-refractivity contribution in [1.82, 2.24) is 15.3 Å². The van der Waals surface area contributed by atoms with Crippen molar-refractivity contribution in [3.05, 3.63) is 24.3 Å². The molecule has 1 atom stereocenters. The molecule has 1 unspecified atom stereocenters. The van der Waals surface area contributed by atoms with E-state index < -0.39 is 0 Å². The molecule has 0 radical (unpaired) electrons. The van der Waals surface area contributed by atoms with Crippen LogP contribution in [-0.2, 0) is 11.3 Å². The van der Waals surface area contributed by atoms with E-state index >= 15 is 0 Å². The maximum absolute atomic E-state index is 5.68. The van der Waals surface area contributed by atoms with Gasteiger partial charge in [-0.2, -0.15) is 0 Å². The molecule has 2 heterocycles. The van der Waals surface area contributed by atoms with Crippen LogP contribution in [0, 0.1) is 0 Å². The van der Waals surface area contributed by atoms with E-state index in [0.29, 0.717) is 12.7 Å². The number of hydrogen-bond donors (Lipinski definition) is 1. The molecule has 4 nitrogen and oxygen atoms in total. The van der Waals surface area contributed by atoms with Crippen LogP contribution in [0.25, 0.3) is 0 Å². The second-order valence-corrected chi connectivity index (χ2v) is 3.44. The first-order valence-electron chi connectivity index (χ1n) is 5.03. The van der Waals surface area contributed by atoms with Crippen molar-refractivity contribution < 1.29 is 4.74 Å². The Morgan fingerprint density at radius 2 is 2.29 bits per heavy atom. The summed E-state index contributed by atoms with van der Waals surface area (Å²) in [6.45, 7) is 2.59. The third-order valence-corrected chi connectivity index (χ3v) is 2.32. The van der Waals surface area contributed by atoms with Crippen LogP contribution in [0.4, 0.5) is 0 Å². The Balaban J connectivity index is 1.76. The molecule has 2 rings (SSSR count). The Hall–Kier alpha value is -1.00. The Morgan fingerprint density at radius 1 is 1.43 bits per heavy atom. The van der Waals surface area contributed by atoms with Crippen LogP contribution in [0.3, 0.4) is 0 Å². The molecule has 1 aliphatic heterocycles. The van der Waals surface area contributed by atoms with Crippen LogP contribution in [0.2, 0.25) is 0 Å². The van der Waals surface area contributed by atoms with Gasteiger partial charge in [0.2, 0.25) is 0 Å². The van der Waals surface area contributed by atoms with Gasteiger partial charge in [0.15, 0.2) is 5.82 Å². The van der Waals surface area contributed by atoms with Gasteiger partial charge in [0.1, 0.15) is 6.61 Å². The van der Waals surface area contributed by atoms with E-state index in [1.807, 2.05) is 6.07 Å². The van der Waals surface area contributed by atoms with Gasteiger partial charge in [-0.3, -0.25) is 0 Å². The molecule has 1 N–H and O–H groups in total. The Morgan fingerprint density at radius 3 is 3.00 bits per heavy atom. The molecule has 1 fully saturated rings. The van der Waals surface area contributed by atoms with E-state index in [0.717, 1.165) is 25.3 Å². The molecule has 1 saturated heterocycles. The van der Waals surface area contributed by atoms with E-state index in [2.05, 4.69) is 15.3 Å². The molecule has 0 aliphatic carbocycles. The van der Waals surface area contributed by atoms with Gasteiger partial charge in [-0.15, -0.1) is 0 Å². The summed E-state index contributed by atoms with van der Waals surface area (Å²) in [4.78, 5) is 8.21. The third kappa shape index (κ3) is 2.75. The zero-order valence-electron chi connectivity index (χ0n) is 8.15. The summed E-state index contributed by atoms with van der Waals surface area (Å²) in [7, 11) is 0. The predicted octanol–water partition coefficient (Wildman–Crippen LogP) is 0.745. The number of ether oxygens (including phenoxy) is 1. The second-order valence-electron chi connectivity index (χ2n) is 3.44. The Bertz CT molecular complexity index is 259. The zero-order chi connectivity index (χ0) is 9.64. The lowest BCUT2D eigenvalue weighted by atomic mass is 10.1. The first-order valence-corrected chi connectivity index (χ1v) is 5.03. The van der Waals surface area contributed by atoms with Gasteiger partial charge in [-0.1, -0.05) is 0 Å². The van der Waals surface area contributed by atoms with Gasteiger partial charge in [-0.05, 0) is 25.5 Å². The fraction of sp³-hybridized carbons (Fsp3) is 0.600. The number of piperidine rings is 1. The molecule has 1 aromatic rings. The highest BCUT2D eigenvalue weighted by Gasteiger charge is 2.13. The zero-order valence-corrected chi connectivity index (χ0v) is 8.15. The summed E-state index contributed by atoms with van der Waals surface area (Å²) in [5.41, 5.74) is 0. The van der Waals surface area contributed by atoms with E-state index in [9.17, 15) is 0 Å². The van der Waals surface area contributed by atoms with Gasteiger partial charge >= 0.3 is 0 Å². The molecule has 0 saturated carbocycles. The molecular formula is C10H15N3O. The SMILES string of the molecule is c1cnc(COC2CCCNC2)nc1. The minimum Gasteiger partial charge on any atom is -0.369 e. The molecule has 0 aromatic carbocycles. The summed E-state index contributed by atoms with van der Waals surface area (Å²) < 4.78 is 5.68. The standard InChI is InChI=1S/C10H15N3O/c1-3-9(7-11-4-1)14-8-10-12-5-2-6-13-10/h2,5-6,9,11H,1,3-4,7-8H2. The summed E-state index contributed by atoms with van der Waals surface area (Å²) in [5, 5.41) is 3.31. The first-order chi connectivity index (χ1) is 6.95. The highest BCUT2D eigenvalue weighted by atomic mass is 16.5. The largest absolute Gasteiger partial charge is 0.369 e. The van der Waals surface area contributed by atoms with Gasteiger partial charge in [0, 0.05) is 18.9 Å². The van der Waals surface area contributed by atoms with Crippen molar-refractivity contribution in [2.45, 2.75) is 25.6 Å². The molecule has 76 valence electrons. The van der Waals surface area contributed by atoms with Gasteiger partial charge in [-0.25, -0.2) is 9.97 Å². The lowest BCUT2D eigenvalue weighted by Crippen LogP contribution is -2.35. The Kier molecular flexibility index (Phi) is 3.43. The maximum atomic E-state index is 5.68. The molecule has 0 spiro atoms. The molecule has 0 bridgehead atoms. The van der Waals surface area contributed by atoms with Crippen LogP contribution >= 0.6 is 0 Å². The predicted molar refractivity (Wildman–Crippen MR) is 52.7 cm³/mol.